The van der Waals surface area contributed by atoms with Crippen LogP contribution in [-0.4, -0.2) is 9.55 Å². The summed E-state index contributed by atoms with van der Waals surface area (Å²) in [5, 5.41) is 10.5. The molecule has 5 nitrogen and oxygen atoms in total. The topological polar surface area (TPSA) is 77.9 Å². The van der Waals surface area contributed by atoms with Crippen molar-refractivity contribution in [1.29, 1.82) is 0 Å². The Labute approximate surface area is 90.3 Å². The molecule has 60 valence electrons. The van der Waals surface area contributed by atoms with E-state index >= 15 is 0 Å². The van der Waals surface area contributed by atoms with Gasteiger partial charge in [-0.25, -0.2) is 4.79 Å². The summed E-state index contributed by atoms with van der Waals surface area (Å²) in [4.78, 5) is 23.6. The maximum Gasteiger partial charge on any atom is 1.00 e. The molecule has 1 aromatic rings. The molecule has 0 aliphatic heterocycles. The summed E-state index contributed by atoms with van der Waals surface area (Å²) in [6, 6.07) is 0.852. The minimum absolute atomic E-state index is 0. The Hall–Kier alpha value is -0.520. The predicted octanol–water partition coefficient (Wildman–Crippen LogP) is -4.37. The van der Waals surface area contributed by atoms with Crippen molar-refractivity contribution in [1.82, 2.24) is 9.55 Å². The molecule has 1 heterocycles. The minimum atomic E-state index is -0.648. The predicted molar refractivity (Wildman–Crippen MR) is 36.4 cm³/mol. The number of nitrogens with one attached hydrogen (secondary N) is 1. The van der Waals surface area contributed by atoms with Crippen LogP contribution in [0.2, 0.25) is 0 Å². The second kappa shape index (κ2) is 4.49. The molecule has 1 rings (SSSR count). The van der Waals surface area contributed by atoms with Crippen LogP contribution in [0.3, 0.4) is 0 Å². The fourth-order valence-electron chi connectivity index (χ4n) is 0.799. The standard InChI is InChI=1S/C6H8N2O3.Na/c1-2-8-5(10)3-4(9)7-6(8)11;/h3,9H,2H2,1H3,(H,7,11);/q;+1/p-1. The Bertz CT molecular complexity index is 337. The largest absolute Gasteiger partial charge is 1.00 e. The van der Waals surface area contributed by atoms with Gasteiger partial charge in [0.2, 0.25) is 0 Å². The van der Waals surface area contributed by atoms with Crippen molar-refractivity contribution in [3.8, 4) is 5.88 Å². The van der Waals surface area contributed by atoms with E-state index in [-0.39, 0.29) is 36.1 Å². The minimum Gasteiger partial charge on any atom is -0.860 e. The first-order valence-electron chi connectivity index (χ1n) is 3.16. The van der Waals surface area contributed by atoms with Gasteiger partial charge in [0.15, 0.2) is 0 Å². The summed E-state index contributed by atoms with van der Waals surface area (Å²) < 4.78 is 0.946. The molecule has 0 aromatic carbocycles. The van der Waals surface area contributed by atoms with Crippen LogP contribution in [0.5, 0.6) is 5.88 Å². The zero-order valence-corrected chi connectivity index (χ0v) is 8.96. The van der Waals surface area contributed by atoms with Crippen LogP contribution in [0.15, 0.2) is 15.7 Å². The summed E-state index contributed by atoms with van der Waals surface area (Å²) in [6.07, 6.45) is 0. The van der Waals surface area contributed by atoms with E-state index in [9.17, 15) is 14.7 Å². The first-order valence-corrected chi connectivity index (χ1v) is 3.16. The molecule has 0 radical (unpaired) electrons. The molecular weight excluding hydrogens is 171 g/mol. The van der Waals surface area contributed by atoms with Gasteiger partial charge in [0.25, 0.3) is 5.56 Å². The van der Waals surface area contributed by atoms with Crippen LogP contribution in [0.4, 0.5) is 0 Å². The van der Waals surface area contributed by atoms with E-state index in [1.165, 1.54) is 0 Å². The van der Waals surface area contributed by atoms with Gasteiger partial charge in [-0.2, -0.15) is 0 Å². The quantitative estimate of drug-likeness (QED) is 0.441. The molecule has 0 bridgehead atoms. The molecule has 6 heteroatoms. The zero-order valence-electron chi connectivity index (χ0n) is 6.96. The molecule has 12 heavy (non-hydrogen) atoms. The molecule has 1 aromatic heterocycles. The second-order valence-corrected chi connectivity index (χ2v) is 2.02. The zero-order chi connectivity index (χ0) is 8.43. The molecule has 0 spiro atoms. The van der Waals surface area contributed by atoms with E-state index in [2.05, 4.69) is 0 Å². The molecule has 0 atom stereocenters. The Morgan fingerprint density at radius 2 is 2.17 bits per heavy atom. The molecule has 0 saturated carbocycles. The van der Waals surface area contributed by atoms with Gasteiger partial charge in [-0.1, -0.05) is 0 Å². The van der Waals surface area contributed by atoms with Crippen LogP contribution in [0.25, 0.3) is 0 Å². The van der Waals surface area contributed by atoms with Crippen LogP contribution in [0.1, 0.15) is 6.92 Å². The normalized spacial score (nSPS) is 9.08. The van der Waals surface area contributed by atoms with Crippen LogP contribution >= 0.6 is 0 Å². The van der Waals surface area contributed by atoms with Gasteiger partial charge in [0.1, 0.15) is 0 Å². The molecule has 0 saturated heterocycles. The third kappa shape index (κ3) is 2.23. The molecule has 0 aliphatic rings. The third-order valence-electron chi connectivity index (χ3n) is 1.31. The van der Waals surface area contributed by atoms with Crippen molar-refractivity contribution >= 4 is 0 Å². The number of aromatic nitrogens is 2. The molecule has 1 N–H and O–H groups in total. The Balaban J connectivity index is 0.00000121. The molecular formula is C6H7N2NaO3. The van der Waals surface area contributed by atoms with E-state index in [1.54, 1.807) is 6.92 Å². The van der Waals surface area contributed by atoms with Crippen LogP contribution in [0, 0.1) is 0 Å². The number of nitrogens with zero attached hydrogens (tertiary/aromatic N) is 1. The summed E-state index contributed by atoms with van der Waals surface area (Å²) >= 11 is 0. The number of aromatic amines is 1. The first-order chi connectivity index (χ1) is 5.15. The summed E-state index contributed by atoms with van der Waals surface area (Å²) in [6.45, 7) is 1.93. The summed E-state index contributed by atoms with van der Waals surface area (Å²) in [5.74, 6) is -0.648. The van der Waals surface area contributed by atoms with Crippen LogP contribution in [-0.2, 0) is 6.54 Å². The van der Waals surface area contributed by atoms with Crippen molar-refractivity contribution in [3.05, 3.63) is 26.9 Å². The second-order valence-electron chi connectivity index (χ2n) is 2.02. The molecule has 0 aliphatic carbocycles. The fourth-order valence-corrected chi connectivity index (χ4v) is 0.799. The van der Waals surface area contributed by atoms with E-state index < -0.39 is 17.1 Å². The van der Waals surface area contributed by atoms with Gasteiger partial charge in [0.05, 0.1) is 0 Å². The molecule has 0 fully saturated rings. The van der Waals surface area contributed by atoms with Gasteiger partial charge in [-0.15, -0.1) is 0 Å². The van der Waals surface area contributed by atoms with Gasteiger partial charge in [-0.3, -0.25) is 9.36 Å². The number of H-pyrrole nitrogens is 1. The SMILES string of the molecule is CCn1c(=O)cc([O-])[nH]c1=O.[Na+]. The Kier molecular flexibility index (Phi) is 4.30. The maximum atomic E-state index is 10.8. The van der Waals surface area contributed by atoms with Gasteiger partial charge in [-0.05, 0) is 12.8 Å². The Morgan fingerprint density at radius 1 is 1.58 bits per heavy atom. The van der Waals surface area contributed by atoms with Crippen molar-refractivity contribution < 1.29 is 34.7 Å². The molecule has 0 amide bonds. The third-order valence-corrected chi connectivity index (χ3v) is 1.31. The van der Waals surface area contributed by atoms with E-state index in [0.717, 1.165) is 10.6 Å². The van der Waals surface area contributed by atoms with Crippen molar-refractivity contribution in [2.45, 2.75) is 13.5 Å². The Morgan fingerprint density at radius 3 is 2.58 bits per heavy atom. The van der Waals surface area contributed by atoms with Gasteiger partial charge >= 0.3 is 35.2 Å². The number of hydrogen-bond donors (Lipinski definition) is 1. The smallest absolute Gasteiger partial charge is 0.860 e. The van der Waals surface area contributed by atoms with Crippen molar-refractivity contribution in [3.63, 3.8) is 0 Å². The molecule has 0 unspecified atom stereocenters. The summed E-state index contributed by atoms with van der Waals surface area (Å²) in [5.41, 5.74) is -1.20. The van der Waals surface area contributed by atoms with E-state index in [4.69, 9.17) is 0 Å². The van der Waals surface area contributed by atoms with Crippen molar-refractivity contribution in [2.75, 3.05) is 0 Å². The monoisotopic (exact) mass is 178 g/mol. The number of hydrogen-bond acceptors (Lipinski definition) is 3. The van der Waals surface area contributed by atoms with E-state index in [0.29, 0.717) is 0 Å². The van der Waals surface area contributed by atoms with E-state index in [1.807, 2.05) is 4.98 Å². The fraction of sp³-hybridized carbons (Fsp3) is 0.333. The average Bonchev–Trinajstić information content (AvgIpc) is 1.85. The van der Waals surface area contributed by atoms with Gasteiger partial charge < -0.3 is 10.1 Å². The van der Waals surface area contributed by atoms with Crippen molar-refractivity contribution in [2.24, 2.45) is 0 Å². The van der Waals surface area contributed by atoms with Crippen LogP contribution < -0.4 is 45.9 Å². The average molecular weight is 178 g/mol. The summed E-state index contributed by atoms with van der Waals surface area (Å²) in [7, 11) is 0. The maximum absolute atomic E-state index is 10.8. The number of rotatable bonds is 1. The van der Waals surface area contributed by atoms with Gasteiger partial charge in [0, 0.05) is 12.6 Å². The first kappa shape index (κ1) is 11.5.